The number of sulfone groups is 1. The molecule has 3 rings (SSSR count). The van der Waals surface area contributed by atoms with E-state index in [1.54, 1.807) is 0 Å². The zero-order valence-corrected chi connectivity index (χ0v) is 14.4. The molecule has 25 heavy (non-hydrogen) atoms. The minimum Gasteiger partial charge on any atom is -0.341 e. The lowest BCUT2D eigenvalue weighted by Gasteiger charge is -2.27. The number of amides is 2. The number of nitrogens with zero attached hydrogens (tertiary/aromatic N) is 1. The summed E-state index contributed by atoms with van der Waals surface area (Å²) in [7, 11) is -1.65. The van der Waals surface area contributed by atoms with Crippen molar-refractivity contribution in [3.05, 3.63) is 29.8 Å². The molecule has 0 spiro atoms. The predicted octanol–water partition coefficient (Wildman–Crippen LogP) is 1.33. The third kappa shape index (κ3) is 3.37. The smallest absolute Gasteiger partial charge is 0.240 e. The Balaban J connectivity index is 1.71. The Kier molecular flexibility index (Phi) is 4.30. The fourth-order valence-electron chi connectivity index (χ4n) is 3.07. The summed E-state index contributed by atoms with van der Waals surface area (Å²) in [6.07, 6.45) is 1.03. The Labute approximate surface area is 144 Å². The molecule has 1 atom stereocenters. The molecule has 1 aromatic carbocycles. The van der Waals surface area contributed by atoms with Crippen LogP contribution in [-0.4, -0.2) is 49.7 Å². The maximum Gasteiger partial charge on any atom is 0.240 e. The summed E-state index contributed by atoms with van der Waals surface area (Å²) in [6, 6.07) is 2.51. The molecule has 9 heteroatoms. The predicted molar refractivity (Wildman–Crippen MR) is 86.5 cm³/mol. The Morgan fingerprint density at radius 3 is 2.44 bits per heavy atom. The molecule has 2 amide bonds. The number of benzene rings is 1. The van der Waals surface area contributed by atoms with Gasteiger partial charge in [0.25, 0.3) is 0 Å². The number of hydrogen-bond acceptors (Lipinski definition) is 4. The van der Waals surface area contributed by atoms with Gasteiger partial charge in [-0.2, -0.15) is 0 Å². The van der Waals surface area contributed by atoms with Gasteiger partial charge in [0, 0.05) is 24.8 Å². The molecule has 1 aliphatic heterocycles. The highest BCUT2D eigenvalue weighted by Gasteiger charge is 2.58. The topological polar surface area (TPSA) is 83.6 Å². The first kappa shape index (κ1) is 17.8. The van der Waals surface area contributed by atoms with Gasteiger partial charge < -0.3 is 10.2 Å². The molecule has 1 unspecified atom stereocenters. The molecular weight excluding hydrogens is 354 g/mol. The van der Waals surface area contributed by atoms with Crippen molar-refractivity contribution < 1.29 is 26.8 Å². The molecule has 0 aromatic heterocycles. The van der Waals surface area contributed by atoms with Crippen LogP contribution in [0.25, 0.3) is 0 Å². The van der Waals surface area contributed by atoms with E-state index >= 15 is 0 Å². The number of halogens is 2. The molecule has 1 aliphatic carbocycles. The van der Waals surface area contributed by atoms with Crippen LogP contribution >= 0.6 is 0 Å². The van der Waals surface area contributed by atoms with Crippen molar-refractivity contribution in [3.8, 4) is 0 Å². The first-order chi connectivity index (χ1) is 11.6. The number of carbonyl (C=O) groups is 2. The minimum absolute atomic E-state index is 0.0311. The second kappa shape index (κ2) is 6.05. The van der Waals surface area contributed by atoms with Crippen LogP contribution in [0.2, 0.25) is 0 Å². The van der Waals surface area contributed by atoms with Gasteiger partial charge in [-0.05, 0) is 31.4 Å². The van der Waals surface area contributed by atoms with Crippen LogP contribution in [0.1, 0.15) is 19.3 Å². The molecule has 1 saturated carbocycles. The molecule has 2 aliphatic rings. The molecule has 136 valence electrons. The second-order valence-electron chi connectivity index (χ2n) is 6.64. The summed E-state index contributed by atoms with van der Waals surface area (Å²) in [5, 5.41) is 2.44. The summed E-state index contributed by atoms with van der Waals surface area (Å²) < 4.78 is 49.4. The first-order valence-electron chi connectivity index (χ1n) is 7.89. The van der Waals surface area contributed by atoms with E-state index < -0.39 is 44.7 Å². The fourth-order valence-corrected chi connectivity index (χ4v) is 4.85. The van der Waals surface area contributed by atoms with E-state index in [9.17, 15) is 26.8 Å². The number of hydrogen-bond donors (Lipinski definition) is 1. The number of rotatable bonds is 4. The summed E-state index contributed by atoms with van der Waals surface area (Å²) in [5.74, 6) is -3.22. The molecule has 1 saturated heterocycles. The van der Waals surface area contributed by atoms with E-state index in [2.05, 4.69) is 5.32 Å². The van der Waals surface area contributed by atoms with Crippen LogP contribution in [0.15, 0.2) is 18.2 Å². The van der Waals surface area contributed by atoms with Gasteiger partial charge in [0.05, 0.1) is 11.5 Å². The van der Waals surface area contributed by atoms with Gasteiger partial charge in [0.15, 0.2) is 21.5 Å². The van der Waals surface area contributed by atoms with Crippen molar-refractivity contribution in [2.45, 2.75) is 25.3 Å². The van der Waals surface area contributed by atoms with Crippen molar-refractivity contribution in [2.75, 3.05) is 23.9 Å². The zero-order valence-electron chi connectivity index (χ0n) is 13.6. The van der Waals surface area contributed by atoms with Gasteiger partial charge in [-0.3, -0.25) is 9.59 Å². The standard InChI is InChI=1S/C16H18F2N2O4S/c1-20(11-4-7-25(23,24)9-11)15(22)16(5-6-16)14(21)19-10-2-3-12(17)13(18)8-10/h2-3,8,11H,4-7,9H2,1H3,(H,19,21). The maximum atomic E-state index is 13.2. The number of anilines is 1. The van der Waals surface area contributed by atoms with Gasteiger partial charge >= 0.3 is 0 Å². The molecular formula is C16H18F2N2O4S. The Hall–Kier alpha value is -2.03. The molecule has 1 N–H and O–H groups in total. The highest BCUT2D eigenvalue weighted by Crippen LogP contribution is 2.48. The first-order valence-corrected chi connectivity index (χ1v) is 9.71. The fraction of sp³-hybridized carbons (Fsp3) is 0.500. The van der Waals surface area contributed by atoms with E-state index in [0.717, 1.165) is 12.1 Å². The van der Waals surface area contributed by atoms with Crippen LogP contribution in [0, 0.1) is 17.0 Å². The van der Waals surface area contributed by atoms with Gasteiger partial charge in [-0.25, -0.2) is 17.2 Å². The van der Waals surface area contributed by atoms with E-state index in [4.69, 9.17) is 0 Å². The highest BCUT2D eigenvalue weighted by molar-refractivity contribution is 7.91. The largest absolute Gasteiger partial charge is 0.341 e. The lowest BCUT2D eigenvalue weighted by Crippen LogP contribution is -2.46. The maximum absolute atomic E-state index is 13.2. The molecule has 1 aromatic rings. The lowest BCUT2D eigenvalue weighted by atomic mass is 10.0. The molecule has 2 fully saturated rings. The monoisotopic (exact) mass is 372 g/mol. The van der Waals surface area contributed by atoms with Crippen LogP contribution in [0.5, 0.6) is 0 Å². The van der Waals surface area contributed by atoms with Crippen molar-refractivity contribution in [1.29, 1.82) is 0 Å². The van der Waals surface area contributed by atoms with Gasteiger partial charge in [0.2, 0.25) is 11.8 Å². The van der Waals surface area contributed by atoms with Gasteiger partial charge in [0.1, 0.15) is 5.41 Å². The van der Waals surface area contributed by atoms with Crippen molar-refractivity contribution in [1.82, 2.24) is 4.90 Å². The molecule has 0 radical (unpaired) electrons. The third-order valence-electron chi connectivity index (χ3n) is 4.85. The number of carbonyl (C=O) groups excluding carboxylic acids is 2. The molecule has 1 heterocycles. The van der Waals surface area contributed by atoms with Crippen LogP contribution in [-0.2, 0) is 19.4 Å². The van der Waals surface area contributed by atoms with Crippen molar-refractivity contribution in [2.24, 2.45) is 5.41 Å². The summed E-state index contributed by atoms with van der Waals surface area (Å²) in [6.45, 7) is 0. The van der Waals surface area contributed by atoms with Crippen LogP contribution in [0.3, 0.4) is 0 Å². The second-order valence-corrected chi connectivity index (χ2v) is 8.87. The summed E-state index contributed by atoms with van der Waals surface area (Å²) in [5.41, 5.74) is -1.19. The van der Waals surface area contributed by atoms with E-state index in [1.807, 2.05) is 0 Å². The Morgan fingerprint density at radius 1 is 1.24 bits per heavy atom. The number of nitrogens with one attached hydrogen (secondary N) is 1. The molecule has 0 bridgehead atoms. The zero-order chi connectivity index (χ0) is 18.4. The SMILES string of the molecule is CN(C(=O)C1(C(=O)Nc2ccc(F)c(F)c2)CC1)C1CCS(=O)(=O)C1. The van der Waals surface area contributed by atoms with E-state index in [0.29, 0.717) is 19.3 Å². The van der Waals surface area contributed by atoms with E-state index in [1.165, 1.54) is 18.0 Å². The summed E-state index contributed by atoms with van der Waals surface area (Å²) >= 11 is 0. The van der Waals surface area contributed by atoms with Crippen molar-refractivity contribution in [3.63, 3.8) is 0 Å². The lowest BCUT2D eigenvalue weighted by molar-refractivity contribution is -0.142. The summed E-state index contributed by atoms with van der Waals surface area (Å²) in [4.78, 5) is 26.5. The average Bonchev–Trinajstić information content (AvgIpc) is 3.28. The highest BCUT2D eigenvalue weighted by atomic mass is 32.2. The normalized spacial score (nSPS) is 23.1. The third-order valence-corrected chi connectivity index (χ3v) is 6.60. The van der Waals surface area contributed by atoms with Crippen LogP contribution < -0.4 is 5.32 Å². The Bertz CT molecular complexity index is 837. The van der Waals surface area contributed by atoms with Gasteiger partial charge in [-0.15, -0.1) is 0 Å². The quantitative estimate of drug-likeness (QED) is 0.809. The van der Waals surface area contributed by atoms with Crippen LogP contribution in [0.4, 0.5) is 14.5 Å². The Morgan fingerprint density at radius 2 is 1.92 bits per heavy atom. The molecule has 6 nitrogen and oxygen atoms in total. The van der Waals surface area contributed by atoms with Crippen molar-refractivity contribution >= 4 is 27.3 Å². The van der Waals surface area contributed by atoms with Gasteiger partial charge in [-0.1, -0.05) is 0 Å². The minimum atomic E-state index is -3.15. The van der Waals surface area contributed by atoms with E-state index in [-0.39, 0.29) is 17.2 Å². The average molecular weight is 372 g/mol.